The van der Waals surface area contributed by atoms with E-state index in [0.717, 1.165) is 5.56 Å². The van der Waals surface area contributed by atoms with Gasteiger partial charge in [0, 0.05) is 0 Å². The number of carbonyl (C=O) groups is 3. The molecular weight excluding hydrogens is 268 g/mol. The summed E-state index contributed by atoms with van der Waals surface area (Å²) in [4.78, 5) is 33.9. The van der Waals surface area contributed by atoms with Crippen LogP contribution < -0.4 is 10.6 Å². The number of amides is 4. The Morgan fingerprint density at radius 1 is 0.952 bits per heavy atom. The number of hydrogen-bond donors (Lipinski definition) is 2. The maximum absolute atomic E-state index is 11.5. The molecule has 108 valence electrons. The van der Waals surface area contributed by atoms with Gasteiger partial charge in [-0.2, -0.15) is 0 Å². The van der Waals surface area contributed by atoms with Gasteiger partial charge in [-0.15, -0.1) is 0 Å². The third kappa shape index (κ3) is 3.66. The summed E-state index contributed by atoms with van der Waals surface area (Å²) < 4.78 is 0. The van der Waals surface area contributed by atoms with Crippen LogP contribution in [0.4, 0.5) is 4.79 Å². The van der Waals surface area contributed by atoms with Gasteiger partial charge in [-0.1, -0.05) is 50.3 Å². The molecule has 0 unspecified atom stereocenters. The summed E-state index contributed by atoms with van der Waals surface area (Å²) in [6.07, 6.45) is 4.77. The molecule has 2 rings (SSSR count). The van der Waals surface area contributed by atoms with Crippen LogP contribution in [0.25, 0.3) is 6.08 Å². The lowest BCUT2D eigenvalue weighted by molar-refractivity contribution is -0.124. The molecule has 1 saturated heterocycles. The summed E-state index contributed by atoms with van der Waals surface area (Å²) in [5.74, 6) is -0.913. The van der Waals surface area contributed by atoms with Crippen LogP contribution in [0.15, 0.2) is 42.0 Å². The average Bonchev–Trinajstić information content (AvgIpc) is 2.42. The lowest BCUT2D eigenvalue weighted by atomic mass is 10.0. The van der Waals surface area contributed by atoms with E-state index in [1.54, 1.807) is 12.2 Å². The molecule has 1 aromatic rings. The number of barbiturate groups is 1. The molecule has 0 aliphatic carbocycles. The van der Waals surface area contributed by atoms with E-state index in [-0.39, 0.29) is 5.57 Å². The third-order valence-electron chi connectivity index (χ3n) is 3.10. The van der Waals surface area contributed by atoms with Crippen LogP contribution in [-0.4, -0.2) is 17.8 Å². The normalized spacial score (nSPS) is 15.4. The van der Waals surface area contributed by atoms with Gasteiger partial charge in [0.15, 0.2) is 0 Å². The number of imide groups is 2. The highest BCUT2D eigenvalue weighted by molar-refractivity contribution is 6.29. The molecule has 5 nitrogen and oxygen atoms in total. The van der Waals surface area contributed by atoms with Crippen molar-refractivity contribution >= 4 is 23.9 Å². The first kappa shape index (κ1) is 14.7. The van der Waals surface area contributed by atoms with Crippen molar-refractivity contribution < 1.29 is 14.4 Å². The largest absolute Gasteiger partial charge is 0.328 e. The zero-order valence-corrected chi connectivity index (χ0v) is 11.8. The number of urea groups is 1. The van der Waals surface area contributed by atoms with Gasteiger partial charge in [0.25, 0.3) is 11.8 Å². The van der Waals surface area contributed by atoms with Crippen molar-refractivity contribution in [2.45, 2.75) is 19.8 Å². The monoisotopic (exact) mass is 284 g/mol. The van der Waals surface area contributed by atoms with E-state index in [9.17, 15) is 14.4 Å². The fourth-order valence-corrected chi connectivity index (χ4v) is 1.87. The quantitative estimate of drug-likeness (QED) is 0.659. The lowest BCUT2D eigenvalue weighted by Gasteiger charge is -2.13. The molecule has 21 heavy (non-hydrogen) atoms. The predicted molar refractivity (Wildman–Crippen MR) is 79.3 cm³/mol. The molecule has 0 bridgehead atoms. The molecule has 1 aromatic carbocycles. The Morgan fingerprint density at radius 3 is 2.05 bits per heavy atom. The number of hydrogen-bond acceptors (Lipinski definition) is 3. The van der Waals surface area contributed by atoms with E-state index >= 15 is 0 Å². The lowest BCUT2D eigenvalue weighted by Crippen LogP contribution is -2.51. The SMILES string of the molecule is CC(C)c1ccc(/C=C/C=C2C(=O)NC(=O)NC2=O)cc1. The van der Waals surface area contributed by atoms with E-state index in [1.165, 1.54) is 11.6 Å². The van der Waals surface area contributed by atoms with Crippen LogP contribution in [0.5, 0.6) is 0 Å². The second-order valence-corrected chi connectivity index (χ2v) is 5.00. The average molecular weight is 284 g/mol. The Labute approximate surface area is 122 Å². The second kappa shape index (κ2) is 6.17. The Bertz CT molecular complexity index is 618. The highest BCUT2D eigenvalue weighted by Gasteiger charge is 2.26. The van der Waals surface area contributed by atoms with Crippen LogP contribution >= 0.6 is 0 Å². The molecule has 1 heterocycles. The van der Waals surface area contributed by atoms with Crippen molar-refractivity contribution in [2.75, 3.05) is 0 Å². The molecule has 1 fully saturated rings. The van der Waals surface area contributed by atoms with E-state index in [2.05, 4.69) is 13.8 Å². The molecule has 1 aliphatic rings. The van der Waals surface area contributed by atoms with Crippen molar-refractivity contribution in [3.8, 4) is 0 Å². The zero-order chi connectivity index (χ0) is 15.4. The van der Waals surface area contributed by atoms with E-state index in [4.69, 9.17) is 0 Å². The number of allylic oxidation sites excluding steroid dienone is 2. The van der Waals surface area contributed by atoms with Gasteiger partial charge in [-0.05, 0) is 23.1 Å². The van der Waals surface area contributed by atoms with Crippen molar-refractivity contribution in [3.63, 3.8) is 0 Å². The molecular formula is C16H16N2O3. The zero-order valence-electron chi connectivity index (χ0n) is 11.8. The van der Waals surface area contributed by atoms with Gasteiger partial charge in [-0.25, -0.2) is 4.79 Å². The van der Waals surface area contributed by atoms with Crippen LogP contribution in [0.1, 0.15) is 30.9 Å². The molecule has 0 aromatic heterocycles. The van der Waals surface area contributed by atoms with Crippen LogP contribution in [0.3, 0.4) is 0 Å². The molecule has 0 saturated carbocycles. The van der Waals surface area contributed by atoms with Gasteiger partial charge in [0.2, 0.25) is 0 Å². The van der Waals surface area contributed by atoms with Crippen molar-refractivity contribution in [1.82, 2.24) is 10.6 Å². The topological polar surface area (TPSA) is 75.3 Å². The first-order valence-electron chi connectivity index (χ1n) is 6.62. The molecule has 0 atom stereocenters. The first-order valence-corrected chi connectivity index (χ1v) is 6.62. The number of carbonyl (C=O) groups excluding carboxylic acids is 3. The van der Waals surface area contributed by atoms with Crippen LogP contribution in [0, 0.1) is 0 Å². The first-order chi connectivity index (χ1) is 9.97. The molecule has 0 spiro atoms. The van der Waals surface area contributed by atoms with Crippen LogP contribution in [0.2, 0.25) is 0 Å². The Morgan fingerprint density at radius 2 is 1.52 bits per heavy atom. The smallest absolute Gasteiger partial charge is 0.273 e. The minimum atomic E-state index is -0.796. The molecule has 4 amide bonds. The van der Waals surface area contributed by atoms with Gasteiger partial charge < -0.3 is 0 Å². The molecule has 0 radical (unpaired) electrons. The molecule has 1 aliphatic heterocycles. The summed E-state index contributed by atoms with van der Waals surface area (Å²) in [7, 11) is 0. The predicted octanol–water partition coefficient (Wildman–Crippen LogP) is 2.12. The van der Waals surface area contributed by atoms with Gasteiger partial charge >= 0.3 is 6.03 Å². The van der Waals surface area contributed by atoms with Gasteiger partial charge in [0.1, 0.15) is 5.57 Å². The summed E-state index contributed by atoms with van der Waals surface area (Å²) >= 11 is 0. The van der Waals surface area contributed by atoms with Crippen molar-refractivity contribution in [2.24, 2.45) is 0 Å². The van der Waals surface area contributed by atoms with Crippen LogP contribution in [-0.2, 0) is 9.59 Å². The summed E-state index contributed by atoms with van der Waals surface area (Å²) in [6, 6.07) is 7.21. The minimum absolute atomic E-state index is 0.0929. The Balaban J connectivity index is 2.10. The van der Waals surface area contributed by atoms with Gasteiger partial charge in [-0.3, -0.25) is 20.2 Å². The standard InChI is InChI=1S/C16H16N2O3/c1-10(2)12-8-6-11(7-9-12)4-3-5-13-14(19)17-16(21)18-15(13)20/h3-10H,1-2H3,(H2,17,18,19,20,21)/b4-3+. The number of benzene rings is 1. The third-order valence-corrected chi connectivity index (χ3v) is 3.10. The maximum atomic E-state index is 11.5. The van der Waals surface area contributed by atoms with Crippen molar-refractivity contribution in [1.29, 1.82) is 0 Å². The fraction of sp³-hybridized carbons (Fsp3) is 0.188. The van der Waals surface area contributed by atoms with Gasteiger partial charge in [0.05, 0.1) is 0 Å². The highest BCUT2D eigenvalue weighted by atomic mass is 16.2. The minimum Gasteiger partial charge on any atom is -0.273 e. The second-order valence-electron chi connectivity index (χ2n) is 5.00. The summed E-state index contributed by atoms with van der Waals surface area (Å²) in [5, 5.41) is 4.03. The summed E-state index contributed by atoms with van der Waals surface area (Å²) in [6.45, 7) is 4.24. The summed E-state index contributed by atoms with van der Waals surface area (Å²) in [5.41, 5.74) is 2.11. The number of nitrogens with one attached hydrogen (secondary N) is 2. The Kier molecular flexibility index (Phi) is 4.33. The van der Waals surface area contributed by atoms with E-state index < -0.39 is 17.8 Å². The highest BCUT2D eigenvalue weighted by Crippen LogP contribution is 2.15. The molecule has 5 heteroatoms. The van der Waals surface area contributed by atoms with Crippen molar-refractivity contribution in [3.05, 3.63) is 53.1 Å². The van der Waals surface area contributed by atoms with E-state index in [1.807, 2.05) is 34.9 Å². The molecule has 2 N–H and O–H groups in total. The Hall–Kier alpha value is -2.69. The fourth-order valence-electron chi connectivity index (χ4n) is 1.87. The maximum Gasteiger partial charge on any atom is 0.328 e. The number of rotatable bonds is 3. The van der Waals surface area contributed by atoms with E-state index in [0.29, 0.717) is 5.92 Å².